The van der Waals surface area contributed by atoms with E-state index >= 15 is 0 Å². The molecule has 1 saturated carbocycles. The molecule has 1 heterocycles. The van der Waals surface area contributed by atoms with E-state index in [-0.39, 0.29) is 30.2 Å². The molecule has 3 amide bonds. The predicted octanol–water partition coefficient (Wildman–Crippen LogP) is 5.01. The van der Waals surface area contributed by atoms with Gasteiger partial charge in [-0.2, -0.15) is 5.01 Å². The Morgan fingerprint density at radius 2 is 1.52 bits per heavy atom. The first-order chi connectivity index (χ1) is 14.8. The molecule has 2 aromatic rings. The van der Waals surface area contributed by atoms with Crippen molar-refractivity contribution in [2.45, 2.75) is 13.0 Å². The molecule has 2 bridgehead atoms. The van der Waals surface area contributed by atoms with E-state index in [0.29, 0.717) is 26.2 Å². The predicted molar refractivity (Wildman–Crippen MR) is 117 cm³/mol. The molecule has 2 aliphatic carbocycles. The molecule has 1 saturated heterocycles. The van der Waals surface area contributed by atoms with Crippen LogP contribution in [0.5, 0.6) is 0 Å². The monoisotopic (exact) mass is 474 g/mol. The molecule has 3 aliphatic rings. The Bertz CT molecular complexity index is 1100. The van der Waals surface area contributed by atoms with Crippen molar-refractivity contribution >= 4 is 52.5 Å². The number of carbonyl (C=O) groups excluding carboxylic acids is 3. The van der Waals surface area contributed by atoms with Crippen molar-refractivity contribution in [3.63, 3.8) is 0 Å². The lowest BCUT2D eigenvalue weighted by Gasteiger charge is -2.31. The van der Waals surface area contributed by atoms with Gasteiger partial charge in [0.2, 0.25) is 0 Å². The Morgan fingerprint density at radius 1 is 0.903 bits per heavy atom. The van der Waals surface area contributed by atoms with E-state index in [2.05, 4.69) is 0 Å². The highest BCUT2D eigenvalue weighted by Gasteiger charge is 2.61. The second kappa shape index (κ2) is 7.66. The number of halogens is 3. The van der Waals surface area contributed by atoms with Crippen LogP contribution in [0.2, 0.25) is 15.1 Å². The number of hydrogen-bond donors (Lipinski definition) is 0. The van der Waals surface area contributed by atoms with Crippen LogP contribution >= 0.6 is 34.8 Å². The summed E-state index contributed by atoms with van der Waals surface area (Å²) < 4.78 is 0. The Kier molecular flexibility index (Phi) is 5.08. The Balaban J connectivity index is 1.53. The van der Waals surface area contributed by atoms with Crippen molar-refractivity contribution in [3.8, 4) is 0 Å². The highest BCUT2D eigenvalue weighted by molar-refractivity contribution is 6.42. The zero-order chi connectivity index (χ0) is 21.9. The van der Waals surface area contributed by atoms with Gasteiger partial charge in [0.15, 0.2) is 0 Å². The molecule has 2 fully saturated rings. The third-order valence-electron chi connectivity index (χ3n) is 6.33. The van der Waals surface area contributed by atoms with Gasteiger partial charge < -0.3 is 0 Å². The zero-order valence-corrected chi connectivity index (χ0v) is 18.4. The van der Waals surface area contributed by atoms with E-state index in [0.717, 1.165) is 11.4 Å². The minimum Gasteiger partial charge on any atom is -0.272 e. The van der Waals surface area contributed by atoms with Crippen molar-refractivity contribution in [1.29, 1.82) is 0 Å². The normalized spacial score (nSPS) is 26.0. The van der Waals surface area contributed by atoms with Gasteiger partial charge in [-0.1, -0.05) is 53.0 Å². The minimum atomic E-state index is -0.468. The van der Waals surface area contributed by atoms with Crippen molar-refractivity contribution < 1.29 is 14.4 Å². The molecule has 5 rings (SSSR count). The van der Waals surface area contributed by atoms with Gasteiger partial charge in [-0.3, -0.25) is 14.4 Å². The number of hydrazine groups is 1. The van der Waals surface area contributed by atoms with E-state index in [9.17, 15) is 14.4 Å². The molecular formula is C23H17Cl3N2O3. The van der Waals surface area contributed by atoms with Gasteiger partial charge in [-0.15, -0.1) is 0 Å². The topological polar surface area (TPSA) is 57.7 Å². The molecule has 0 spiro atoms. The molecule has 31 heavy (non-hydrogen) atoms. The Hall–Kier alpha value is -2.34. The SMILES string of the molecule is O=C(c1ccc(Cl)cc1)N(Cc1ccc(Cl)c(Cl)c1)N1C(=O)[C@@H]2[C@H](C1=O)[C@H]1C=C[C@H]2C1. The second-order valence-electron chi connectivity index (χ2n) is 8.11. The van der Waals surface area contributed by atoms with Crippen LogP contribution in [0.4, 0.5) is 0 Å². The van der Waals surface area contributed by atoms with Crippen LogP contribution in [-0.2, 0) is 16.1 Å². The van der Waals surface area contributed by atoms with Crippen LogP contribution in [-0.4, -0.2) is 27.7 Å². The van der Waals surface area contributed by atoms with Crippen LogP contribution in [0.1, 0.15) is 22.3 Å². The maximum Gasteiger partial charge on any atom is 0.273 e. The molecule has 8 heteroatoms. The van der Waals surface area contributed by atoms with Crippen molar-refractivity contribution in [2.24, 2.45) is 23.7 Å². The summed E-state index contributed by atoms with van der Waals surface area (Å²) in [6.45, 7) is -0.00195. The van der Waals surface area contributed by atoms with Gasteiger partial charge in [0, 0.05) is 10.6 Å². The minimum absolute atomic E-state index is 0.00195. The first-order valence-corrected chi connectivity index (χ1v) is 11.1. The lowest BCUT2D eigenvalue weighted by Crippen LogP contribution is -2.50. The van der Waals surface area contributed by atoms with Gasteiger partial charge in [0.25, 0.3) is 17.7 Å². The first-order valence-electron chi connectivity index (χ1n) is 9.92. The average molecular weight is 476 g/mol. The molecule has 4 atom stereocenters. The molecule has 0 aromatic heterocycles. The largest absolute Gasteiger partial charge is 0.273 e. The molecule has 1 aliphatic heterocycles. The van der Waals surface area contributed by atoms with Gasteiger partial charge in [0.1, 0.15) is 0 Å². The fourth-order valence-corrected chi connectivity index (χ4v) is 5.36. The Labute approximate surface area is 194 Å². The number of hydrogen-bond acceptors (Lipinski definition) is 3. The van der Waals surface area contributed by atoms with Crippen molar-refractivity contribution in [3.05, 3.63) is 80.8 Å². The standard InChI is InChI=1S/C23H17Cl3N2O3/c24-16-6-4-13(5-7-16)21(29)27(11-12-1-8-17(25)18(26)9-12)28-22(30)19-14-2-3-15(10-14)20(19)23(28)31/h1-9,14-15,19-20H,10-11H2/t14-,15-,19-,20+/m0/s1. The fourth-order valence-electron chi connectivity index (χ4n) is 4.91. The Morgan fingerprint density at radius 3 is 2.10 bits per heavy atom. The number of amides is 3. The van der Waals surface area contributed by atoms with E-state index in [1.165, 1.54) is 5.01 Å². The number of nitrogens with zero attached hydrogens (tertiary/aromatic N) is 2. The average Bonchev–Trinajstić information content (AvgIpc) is 3.43. The molecule has 2 aromatic carbocycles. The van der Waals surface area contributed by atoms with Crippen molar-refractivity contribution in [2.75, 3.05) is 0 Å². The number of rotatable bonds is 4. The molecule has 0 N–H and O–H groups in total. The van der Waals surface area contributed by atoms with E-state index < -0.39 is 17.7 Å². The quantitative estimate of drug-likeness (QED) is 0.461. The maximum atomic E-state index is 13.5. The summed E-state index contributed by atoms with van der Waals surface area (Å²) >= 11 is 18.1. The number of allylic oxidation sites excluding steroid dienone is 2. The highest BCUT2D eigenvalue weighted by atomic mass is 35.5. The van der Waals surface area contributed by atoms with Gasteiger partial charge in [0.05, 0.1) is 28.4 Å². The van der Waals surface area contributed by atoms with E-state index in [1.54, 1.807) is 42.5 Å². The summed E-state index contributed by atoms with van der Waals surface area (Å²) in [5.74, 6) is -1.83. The van der Waals surface area contributed by atoms with Crippen LogP contribution in [0.25, 0.3) is 0 Å². The third kappa shape index (κ3) is 3.36. The number of benzene rings is 2. The summed E-state index contributed by atoms with van der Waals surface area (Å²) in [5, 5.41) is 3.45. The van der Waals surface area contributed by atoms with E-state index in [4.69, 9.17) is 34.8 Å². The summed E-state index contributed by atoms with van der Waals surface area (Å²) in [6.07, 6.45) is 4.86. The van der Waals surface area contributed by atoms with Gasteiger partial charge in [-0.05, 0) is 60.2 Å². The number of fused-ring (bicyclic) bond motifs is 5. The van der Waals surface area contributed by atoms with Gasteiger partial charge in [-0.25, -0.2) is 5.01 Å². The van der Waals surface area contributed by atoms with Crippen LogP contribution in [0, 0.1) is 23.7 Å². The van der Waals surface area contributed by atoms with Crippen LogP contribution < -0.4 is 0 Å². The smallest absolute Gasteiger partial charge is 0.272 e. The zero-order valence-electron chi connectivity index (χ0n) is 16.2. The maximum absolute atomic E-state index is 13.5. The molecule has 5 nitrogen and oxygen atoms in total. The lowest BCUT2D eigenvalue weighted by molar-refractivity contribution is -0.156. The molecule has 0 radical (unpaired) electrons. The summed E-state index contributed by atoms with van der Waals surface area (Å²) in [7, 11) is 0. The third-order valence-corrected chi connectivity index (χ3v) is 7.32. The number of carbonyl (C=O) groups is 3. The summed E-state index contributed by atoms with van der Waals surface area (Å²) in [4.78, 5) is 40.1. The fraction of sp³-hybridized carbons (Fsp3) is 0.261. The second-order valence-corrected chi connectivity index (χ2v) is 9.36. The van der Waals surface area contributed by atoms with Crippen molar-refractivity contribution in [1.82, 2.24) is 10.0 Å². The summed E-state index contributed by atoms with van der Waals surface area (Å²) in [6, 6.07) is 11.3. The van der Waals surface area contributed by atoms with Gasteiger partial charge >= 0.3 is 0 Å². The molecule has 158 valence electrons. The summed E-state index contributed by atoms with van der Waals surface area (Å²) in [5.41, 5.74) is 0.971. The lowest BCUT2D eigenvalue weighted by atomic mass is 9.85. The van der Waals surface area contributed by atoms with Crippen LogP contribution in [0.3, 0.4) is 0 Å². The first kappa shape index (κ1) is 20.6. The van der Waals surface area contributed by atoms with E-state index in [1.807, 2.05) is 12.2 Å². The van der Waals surface area contributed by atoms with Crippen LogP contribution in [0.15, 0.2) is 54.6 Å². The highest BCUT2D eigenvalue weighted by Crippen LogP contribution is 2.53. The number of imide groups is 1. The molecule has 0 unspecified atom stereocenters. The molecular weight excluding hydrogens is 459 g/mol.